The van der Waals surface area contributed by atoms with Crippen LogP contribution in [0.25, 0.3) is 0 Å². The molecule has 0 aliphatic carbocycles. The quantitative estimate of drug-likeness (QED) is 0.287. The molecule has 0 fully saturated rings. The Kier molecular flexibility index (Phi) is 9.33. The summed E-state index contributed by atoms with van der Waals surface area (Å²) in [5.41, 5.74) is 2.47. The molecule has 2 aromatic carbocycles. The molecule has 3 rings (SSSR count). The zero-order valence-corrected chi connectivity index (χ0v) is 21.4. The molecular weight excluding hydrogens is 486 g/mol. The number of carbonyl (C=O) groups is 2. The Morgan fingerprint density at radius 3 is 2.63 bits per heavy atom. The van der Waals surface area contributed by atoms with Gasteiger partial charge in [-0.2, -0.15) is 0 Å². The number of hydrogen-bond donors (Lipinski definition) is 2. The van der Waals surface area contributed by atoms with E-state index in [2.05, 4.69) is 27.4 Å². The molecule has 0 saturated heterocycles. The van der Waals surface area contributed by atoms with E-state index in [1.807, 2.05) is 48.7 Å². The van der Waals surface area contributed by atoms with Crippen molar-refractivity contribution in [3.8, 4) is 5.75 Å². The molecule has 0 spiro atoms. The van der Waals surface area contributed by atoms with Crippen LogP contribution in [-0.2, 0) is 22.6 Å². The fraction of sp³-hybridized carbons (Fsp3) is 0.280. The fourth-order valence-electron chi connectivity index (χ4n) is 3.36. The van der Waals surface area contributed by atoms with Gasteiger partial charge in [-0.05, 0) is 49.2 Å². The molecule has 0 bridgehead atoms. The third-order valence-corrected chi connectivity index (χ3v) is 6.35. The minimum Gasteiger partial charge on any atom is -0.497 e. The van der Waals surface area contributed by atoms with Crippen molar-refractivity contribution in [3.63, 3.8) is 0 Å². The van der Waals surface area contributed by atoms with Crippen LogP contribution in [0, 0.1) is 6.92 Å². The van der Waals surface area contributed by atoms with E-state index in [1.54, 1.807) is 25.3 Å². The van der Waals surface area contributed by atoms with E-state index in [9.17, 15) is 9.59 Å². The van der Waals surface area contributed by atoms with Crippen LogP contribution in [0.2, 0.25) is 5.02 Å². The Hall–Kier alpha value is -3.30. The van der Waals surface area contributed by atoms with Crippen molar-refractivity contribution >= 4 is 40.9 Å². The van der Waals surface area contributed by atoms with Gasteiger partial charge < -0.3 is 19.9 Å². The summed E-state index contributed by atoms with van der Waals surface area (Å²) in [5.74, 6) is 1.14. The number of halogens is 1. The summed E-state index contributed by atoms with van der Waals surface area (Å²) in [4.78, 5) is 25.1. The van der Waals surface area contributed by atoms with Gasteiger partial charge in [0.05, 0.1) is 25.3 Å². The smallest absolute Gasteiger partial charge is 0.234 e. The second-order valence-corrected chi connectivity index (χ2v) is 9.23. The number of nitrogens with zero attached hydrogens (tertiary/aromatic N) is 3. The van der Waals surface area contributed by atoms with Gasteiger partial charge in [-0.1, -0.05) is 47.6 Å². The predicted octanol–water partition coefficient (Wildman–Crippen LogP) is 4.59. The fourth-order valence-corrected chi connectivity index (χ4v) is 4.29. The number of allylic oxidation sites excluding steroid dienone is 1. The lowest BCUT2D eigenvalue weighted by Gasteiger charge is -2.15. The summed E-state index contributed by atoms with van der Waals surface area (Å²) in [6.45, 7) is 7.99. The van der Waals surface area contributed by atoms with Gasteiger partial charge in [0.15, 0.2) is 11.0 Å². The largest absolute Gasteiger partial charge is 0.497 e. The van der Waals surface area contributed by atoms with E-state index in [1.165, 1.54) is 11.8 Å². The van der Waals surface area contributed by atoms with Crippen molar-refractivity contribution in [2.24, 2.45) is 0 Å². The molecule has 1 heterocycles. The lowest BCUT2D eigenvalue weighted by molar-refractivity contribution is -0.121. The molecule has 8 nitrogen and oxygen atoms in total. The molecule has 0 aliphatic rings. The number of thioether (sulfide) groups is 1. The number of nitrogens with one attached hydrogen (secondary N) is 2. The number of carbonyl (C=O) groups excluding carboxylic acids is 2. The lowest BCUT2D eigenvalue weighted by Crippen LogP contribution is -2.30. The molecule has 0 saturated carbocycles. The second kappa shape index (κ2) is 12.4. The summed E-state index contributed by atoms with van der Waals surface area (Å²) in [6, 6.07) is 12.3. The highest BCUT2D eigenvalue weighted by Gasteiger charge is 2.20. The lowest BCUT2D eigenvalue weighted by atomic mass is 10.1. The van der Waals surface area contributed by atoms with E-state index in [4.69, 9.17) is 16.3 Å². The number of aromatic nitrogens is 3. The van der Waals surface area contributed by atoms with Crippen LogP contribution in [0.3, 0.4) is 0 Å². The summed E-state index contributed by atoms with van der Waals surface area (Å²) in [5, 5.41) is 15.5. The minimum atomic E-state index is -0.384. The zero-order valence-electron chi connectivity index (χ0n) is 19.9. The first kappa shape index (κ1) is 26.3. The van der Waals surface area contributed by atoms with Crippen LogP contribution >= 0.6 is 23.4 Å². The maximum atomic E-state index is 12.6. The van der Waals surface area contributed by atoms with Crippen LogP contribution in [0.1, 0.15) is 29.9 Å². The van der Waals surface area contributed by atoms with Gasteiger partial charge in [-0.3, -0.25) is 9.59 Å². The van der Waals surface area contributed by atoms with Gasteiger partial charge in [0, 0.05) is 17.3 Å². The highest BCUT2D eigenvalue weighted by molar-refractivity contribution is 7.99. The van der Waals surface area contributed by atoms with E-state index in [-0.39, 0.29) is 30.0 Å². The first-order valence-electron chi connectivity index (χ1n) is 11.0. The van der Waals surface area contributed by atoms with E-state index >= 15 is 0 Å². The van der Waals surface area contributed by atoms with Crippen LogP contribution in [0.15, 0.2) is 60.3 Å². The molecule has 0 radical (unpaired) electrons. The topological polar surface area (TPSA) is 98.1 Å². The van der Waals surface area contributed by atoms with Gasteiger partial charge in [-0.15, -0.1) is 16.8 Å². The van der Waals surface area contributed by atoms with Gasteiger partial charge in [0.25, 0.3) is 0 Å². The number of ether oxygens (including phenoxy) is 1. The molecule has 3 aromatic rings. The molecular formula is C25H28ClN5O3S. The van der Waals surface area contributed by atoms with E-state index < -0.39 is 0 Å². The maximum absolute atomic E-state index is 12.6. The highest BCUT2D eigenvalue weighted by Crippen LogP contribution is 2.23. The van der Waals surface area contributed by atoms with Crippen molar-refractivity contribution < 1.29 is 14.3 Å². The third-order valence-electron chi connectivity index (χ3n) is 5.15. The standard InChI is InChI=1S/C25H28ClN5O3S/c1-5-12-31-24(17(3)27-22(32)13-18-7-10-20(34-4)11-8-18)29-30-25(31)35-15-23(33)28-21-14-19(26)9-6-16(21)2/h5-11,14,17H,1,12-13,15H2,2-4H3,(H,27,32)(H,28,33)/t17-/m1/s1. The van der Waals surface area contributed by atoms with Gasteiger partial charge in [-0.25, -0.2) is 0 Å². The first-order chi connectivity index (χ1) is 16.8. The van der Waals surface area contributed by atoms with Gasteiger partial charge in [0.2, 0.25) is 11.8 Å². The Morgan fingerprint density at radius 1 is 1.20 bits per heavy atom. The predicted molar refractivity (Wildman–Crippen MR) is 139 cm³/mol. The molecule has 2 amide bonds. The molecule has 10 heteroatoms. The molecule has 35 heavy (non-hydrogen) atoms. The summed E-state index contributed by atoms with van der Waals surface area (Å²) in [6.07, 6.45) is 1.95. The number of methoxy groups -OCH3 is 1. The molecule has 1 aromatic heterocycles. The number of aryl methyl sites for hydroxylation is 1. The minimum absolute atomic E-state index is 0.138. The SMILES string of the molecule is C=CCn1c(SCC(=O)Nc2cc(Cl)ccc2C)nnc1[C@@H](C)NC(=O)Cc1ccc(OC)cc1. The van der Waals surface area contributed by atoms with Crippen LogP contribution < -0.4 is 15.4 Å². The van der Waals surface area contributed by atoms with E-state index in [0.29, 0.717) is 28.2 Å². The number of hydrogen-bond acceptors (Lipinski definition) is 6. The van der Waals surface area contributed by atoms with Crippen LogP contribution in [-0.4, -0.2) is 39.4 Å². The Labute approximate surface area is 214 Å². The maximum Gasteiger partial charge on any atom is 0.234 e. The number of amides is 2. The molecule has 0 aliphatic heterocycles. The monoisotopic (exact) mass is 513 g/mol. The van der Waals surface area contributed by atoms with Gasteiger partial charge in [0.1, 0.15) is 5.75 Å². The third kappa shape index (κ3) is 7.34. The Balaban J connectivity index is 1.62. The summed E-state index contributed by atoms with van der Waals surface area (Å²) in [7, 11) is 1.60. The number of anilines is 1. The Bertz CT molecular complexity index is 1200. The summed E-state index contributed by atoms with van der Waals surface area (Å²) < 4.78 is 6.99. The average Bonchev–Trinajstić information content (AvgIpc) is 3.23. The summed E-state index contributed by atoms with van der Waals surface area (Å²) >= 11 is 7.29. The highest BCUT2D eigenvalue weighted by atomic mass is 35.5. The molecule has 0 unspecified atom stereocenters. The zero-order chi connectivity index (χ0) is 25.4. The first-order valence-corrected chi connectivity index (χ1v) is 12.3. The molecule has 1 atom stereocenters. The Morgan fingerprint density at radius 2 is 1.94 bits per heavy atom. The van der Waals surface area contributed by atoms with Crippen molar-refractivity contribution in [2.75, 3.05) is 18.2 Å². The van der Waals surface area contributed by atoms with Crippen LogP contribution in [0.5, 0.6) is 5.75 Å². The normalized spacial score (nSPS) is 11.5. The van der Waals surface area contributed by atoms with Crippen molar-refractivity contribution in [2.45, 2.75) is 38.0 Å². The average molecular weight is 514 g/mol. The van der Waals surface area contributed by atoms with Crippen molar-refractivity contribution in [3.05, 3.63) is 77.1 Å². The van der Waals surface area contributed by atoms with Crippen LogP contribution in [0.4, 0.5) is 5.69 Å². The van der Waals surface area contributed by atoms with Crippen molar-refractivity contribution in [1.29, 1.82) is 0 Å². The van der Waals surface area contributed by atoms with E-state index in [0.717, 1.165) is 16.9 Å². The molecule has 184 valence electrons. The number of rotatable bonds is 11. The number of benzene rings is 2. The van der Waals surface area contributed by atoms with Gasteiger partial charge >= 0.3 is 0 Å². The van der Waals surface area contributed by atoms with Crippen molar-refractivity contribution in [1.82, 2.24) is 20.1 Å². The molecule has 2 N–H and O–H groups in total. The second-order valence-electron chi connectivity index (χ2n) is 7.85.